The quantitative estimate of drug-likeness (QED) is 0.719. The van der Waals surface area contributed by atoms with Crippen molar-refractivity contribution in [2.45, 2.75) is 0 Å². The normalized spacial score (nSPS) is 16.1. The molecule has 0 spiro atoms. The third-order valence-corrected chi connectivity index (χ3v) is 2.39. The molecule has 1 aliphatic rings. The van der Waals surface area contributed by atoms with Gasteiger partial charge in [-0.25, -0.2) is 0 Å². The number of ether oxygens (including phenoxy) is 1. The van der Waals surface area contributed by atoms with E-state index in [0.717, 1.165) is 0 Å². The molecule has 0 unspecified atom stereocenters. The molecular formula is C10H11N3O2. The predicted molar refractivity (Wildman–Crippen MR) is 52.2 cm³/mol. The fraction of sp³-hybridized carbons (Fsp3) is 0.400. The Labute approximate surface area is 87.3 Å². The topological polar surface area (TPSA) is 69.1 Å². The van der Waals surface area contributed by atoms with Crippen molar-refractivity contribution >= 4 is 5.91 Å². The van der Waals surface area contributed by atoms with Crippen LogP contribution in [0.25, 0.3) is 0 Å². The molecule has 15 heavy (non-hydrogen) atoms. The van der Waals surface area contributed by atoms with Crippen molar-refractivity contribution in [2.75, 3.05) is 26.3 Å². The summed E-state index contributed by atoms with van der Waals surface area (Å²) < 4.78 is 5.16. The molecule has 1 fully saturated rings. The van der Waals surface area contributed by atoms with E-state index in [0.29, 0.717) is 37.4 Å². The molecule has 0 bridgehead atoms. The van der Waals surface area contributed by atoms with Gasteiger partial charge in [0.1, 0.15) is 6.07 Å². The van der Waals surface area contributed by atoms with E-state index in [2.05, 4.69) is 4.98 Å². The standard InChI is InChI=1S/C10H11N3O2/c11-5-8-6-12-7-9(8)10(14)13-1-3-15-4-2-13/h6-7,12H,1-4H2. The summed E-state index contributed by atoms with van der Waals surface area (Å²) in [4.78, 5) is 16.4. The summed E-state index contributed by atoms with van der Waals surface area (Å²) >= 11 is 0. The lowest BCUT2D eigenvalue weighted by Crippen LogP contribution is -2.40. The van der Waals surface area contributed by atoms with Crippen LogP contribution in [0.4, 0.5) is 0 Å². The van der Waals surface area contributed by atoms with Gasteiger partial charge in [-0.2, -0.15) is 5.26 Å². The predicted octanol–water partition coefficient (Wildman–Crippen LogP) is 0.359. The number of aromatic amines is 1. The number of hydrogen-bond donors (Lipinski definition) is 1. The summed E-state index contributed by atoms with van der Waals surface area (Å²) in [6.07, 6.45) is 3.10. The Morgan fingerprint density at radius 3 is 2.87 bits per heavy atom. The Balaban J connectivity index is 2.17. The van der Waals surface area contributed by atoms with Gasteiger partial charge in [0, 0.05) is 25.5 Å². The highest BCUT2D eigenvalue weighted by Gasteiger charge is 2.21. The average Bonchev–Trinajstić information content (AvgIpc) is 2.77. The highest BCUT2D eigenvalue weighted by atomic mass is 16.5. The van der Waals surface area contributed by atoms with Crippen molar-refractivity contribution in [3.05, 3.63) is 23.5 Å². The van der Waals surface area contributed by atoms with E-state index in [4.69, 9.17) is 10.00 Å². The molecule has 1 amide bonds. The number of morpholine rings is 1. The third kappa shape index (κ3) is 1.85. The van der Waals surface area contributed by atoms with Crippen molar-refractivity contribution in [3.8, 4) is 6.07 Å². The van der Waals surface area contributed by atoms with Crippen LogP contribution in [0.1, 0.15) is 15.9 Å². The summed E-state index contributed by atoms with van der Waals surface area (Å²) in [6.45, 7) is 2.32. The maximum absolute atomic E-state index is 11.9. The largest absolute Gasteiger partial charge is 0.378 e. The van der Waals surface area contributed by atoms with Crippen molar-refractivity contribution < 1.29 is 9.53 Å². The number of amides is 1. The van der Waals surface area contributed by atoms with Gasteiger partial charge in [0.2, 0.25) is 0 Å². The van der Waals surface area contributed by atoms with Crippen LogP contribution < -0.4 is 0 Å². The van der Waals surface area contributed by atoms with Crippen molar-refractivity contribution in [1.82, 2.24) is 9.88 Å². The molecule has 78 valence electrons. The zero-order valence-corrected chi connectivity index (χ0v) is 8.19. The van der Waals surface area contributed by atoms with Crippen LogP contribution in [0.15, 0.2) is 12.4 Å². The fourth-order valence-electron chi connectivity index (χ4n) is 1.57. The van der Waals surface area contributed by atoms with Gasteiger partial charge in [-0.15, -0.1) is 0 Å². The zero-order chi connectivity index (χ0) is 10.7. The number of rotatable bonds is 1. The molecule has 2 rings (SSSR count). The van der Waals surface area contributed by atoms with Crippen LogP contribution >= 0.6 is 0 Å². The van der Waals surface area contributed by atoms with Crippen molar-refractivity contribution in [2.24, 2.45) is 0 Å². The second-order valence-electron chi connectivity index (χ2n) is 3.30. The number of H-pyrrole nitrogens is 1. The van der Waals surface area contributed by atoms with Gasteiger partial charge in [-0.3, -0.25) is 4.79 Å². The van der Waals surface area contributed by atoms with Gasteiger partial charge < -0.3 is 14.6 Å². The maximum Gasteiger partial charge on any atom is 0.256 e. The van der Waals surface area contributed by atoms with Gasteiger partial charge in [-0.05, 0) is 0 Å². The molecule has 0 aliphatic carbocycles. The molecule has 5 nitrogen and oxygen atoms in total. The van der Waals surface area contributed by atoms with Crippen molar-refractivity contribution in [1.29, 1.82) is 5.26 Å². The summed E-state index contributed by atoms with van der Waals surface area (Å²) in [7, 11) is 0. The Morgan fingerprint density at radius 2 is 2.20 bits per heavy atom. The molecule has 5 heteroatoms. The number of nitriles is 1. The first-order chi connectivity index (χ1) is 7.33. The summed E-state index contributed by atoms with van der Waals surface area (Å²) in [5.74, 6) is -0.101. The van der Waals surface area contributed by atoms with Crippen LogP contribution in [0, 0.1) is 11.3 Å². The molecule has 2 heterocycles. The monoisotopic (exact) mass is 205 g/mol. The van der Waals surface area contributed by atoms with Crippen molar-refractivity contribution in [3.63, 3.8) is 0 Å². The molecule has 1 saturated heterocycles. The van der Waals surface area contributed by atoms with Gasteiger partial charge in [0.25, 0.3) is 5.91 Å². The third-order valence-electron chi connectivity index (χ3n) is 2.39. The first-order valence-corrected chi connectivity index (χ1v) is 4.77. The van der Waals surface area contributed by atoms with Crippen LogP contribution in [0.2, 0.25) is 0 Å². The van der Waals surface area contributed by atoms with Crippen LogP contribution in [-0.2, 0) is 4.74 Å². The molecular weight excluding hydrogens is 194 g/mol. The second-order valence-corrected chi connectivity index (χ2v) is 3.30. The minimum Gasteiger partial charge on any atom is -0.378 e. The molecule has 1 aromatic heterocycles. The summed E-state index contributed by atoms with van der Waals surface area (Å²) in [5, 5.41) is 8.79. The van der Waals surface area contributed by atoms with E-state index in [1.807, 2.05) is 6.07 Å². The molecule has 0 radical (unpaired) electrons. The lowest BCUT2D eigenvalue weighted by molar-refractivity contribution is 0.0303. The highest BCUT2D eigenvalue weighted by molar-refractivity contribution is 5.96. The van der Waals surface area contributed by atoms with Crippen LogP contribution in [0.3, 0.4) is 0 Å². The molecule has 1 aromatic rings. The Bertz CT molecular complexity index is 399. The zero-order valence-electron chi connectivity index (χ0n) is 8.19. The van der Waals surface area contributed by atoms with E-state index < -0.39 is 0 Å². The van der Waals surface area contributed by atoms with E-state index in [1.54, 1.807) is 11.1 Å². The smallest absolute Gasteiger partial charge is 0.256 e. The molecule has 0 aromatic carbocycles. The second kappa shape index (κ2) is 4.15. The maximum atomic E-state index is 11.9. The Kier molecular flexibility index (Phi) is 2.70. The first kappa shape index (κ1) is 9.74. The Morgan fingerprint density at radius 1 is 1.47 bits per heavy atom. The SMILES string of the molecule is N#Cc1c[nH]cc1C(=O)N1CCOCC1. The van der Waals surface area contributed by atoms with Crippen LogP contribution in [-0.4, -0.2) is 42.1 Å². The molecule has 0 saturated carbocycles. The van der Waals surface area contributed by atoms with E-state index >= 15 is 0 Å². The van der Waals surface area contributed by atoms with Gasteiger partial charge >= 0.3 is 0 Å². The number of aromatic nitrogens is 1. The molecule has 1 N–H and O–H groups in total. The van der Waals surface area contributed by atoms with Gasteiger partial charge in [-0.1, -0.05) is 0 Å². The number of nitrogens with zero attached hydrogens (tertiary/aromatic N) is 2. The number of carbonyl (C=O) groups is 1. The fourth-order valence-corrected chi connectivity index (χ4v) is 1.57. The average molecular weight is 205 g/mol. The van der Waals surface area contributed by atoms with E-state index in [-0.39, 0.29) is 5.91 Å². The van der Waals surface area contributed by atoms with Crippen LogP contribution in [0.5, 0.6) is 0 Å². The lowest BCUT2D eigenvalue weighted by Gasteiger charge is -2.26. The summed E-state index contributed by atoms with van der Waals surface area (Å²) in [6, 6.07) is 1.99. The lowest BCUT2D eigenvalue weighted by atomic mass is 10.2. The molecule has 1 aliphatic heterocycles. The Hall–Kier alpha value is -1.80. The summed E-state index contributed by atoms with van der Waals surface area (Å²) in [5.41, 5.74) is 0.839. The van der Waals surface area contributed by atoms with E-state index in [1.165, 1.54) is 6.20 Å². The minimum atomic E-state index is -0.101. The van der Waals surface area contributed by atoms with Gasteiger partial charge in [0.05, 0.1) is 24.3 Å². The minimum absolute atomic E-state index is 0.101. The highest BCUT2D eigenvalue weighted by Crippen LogP contribution is 2.11. The number of carbonyl (C=O) groups excluding carboxylic acids is 1. The first-order valence-electron chi connectivity index (χ1n) is 4.77. The van der Waals surface area contributed by atoms with E-state index in [9.17, 15) is 4.79 Å². The molecule has 0 atom stereocenters. The number of hydrogen-bond acceptors (Lipinski definition) is 3. The number of nitrogens with one attached hydrogen (secondary N) is 1. The van der Waals surface area contributed by atoms with Gasteiger partial charge in [0.15, 0.2) is 0 Å².